The summed E-state index contributed by atoms with van der Waals surface area (Å²) in [4.78, 5) is 131. The molecule has 3 saturated heterocycles. The van der Waals surface area contributed by atoms with Gasteiger partial charge in [-0.3, -0.25) is 48.8 Å². The van der Waals surface area contributed by atoms with Crippen molar-refractivity contribution < 1.29 is 81.4 Å². The van der Waals surface area contributed by atoms with Crippen molar-refractivity contribution in [2.24, 2.45) is 11.7 Å². The molecule has 0 aliphatic carbocycles. The van der Waals surface area contributed by atoms with Gasteiger partial charge in [0.1, 0.15) is 42.3 Å². The number of carbonyl (C=O) groups is 9. The van der Waals surface area contributed by atoms with E-state index in [1.807, 2.05) is 38.1 Å². The lowest BCUT2D eigenvalue weighted by Crippen LogP contribution is -2.66. The molecule has 524 valence electrons. The number of aryl methyl sites for hydroxylation is 1. The number of amides is 7. The van der Waals surface area contributed by atoms with Crippen molar-refractivity contribution in [1.82, 2.24) is 41.0 Å². The fraction of sp³-hybridized carbons (Fsp3) is 0.479. The second kappa shape index (κ2) is 26.7. The fourth-order valence-corrected chi connectivity index (χ4v) is 18.1. The van der Waals surface area contributed by atoms with Crippen molar-refractivity contribution in [2.75, 3.05) is 64.9 Å². The highest BCUT2D eigenvalue weighted by atomic mass is 32.2. The topological polar surface area (TPSA) is 350 Å². The number of carbonyl (C=O) groups excluding carboxylic acids is 9. The number of nitrogens with two attached hydrogens (primary N) is 1. The monoisotopic (exact) mass is 1380 g/mol. The van der Waals surface area contributed by atoms with Crippen LogP contribution >= 0.6 is 11.8 Å². The number of esters is 3. The van der Waals surface area contributed by atoms with Gasteiger partial charge in [0.2, 0.25) is 24.5 Å². The molecule has 9 N–H and O–H groups in total. The molecule has 9 atom stereocenters. The molecule has 9 aliphatic heterocycles. The van der Waals surface area contributed by atoms with Crippen LogP contribution < -0.4 is 56.0 Å². The van der Waals surface area contributed by atoms with Crippen LogP contribution in [0.2, 0.25) is 0 Å². The highest BCUT2D eigenvalue weighted by Gasteiger charge is 2.75. The summed E-state index contributed by atoms with van der Waals surface area (Å²) in [5, 5.41) is 27.7. The number of thioether (sulfide) groups is 1. The van der Waals surface area contributed by atoms with Crippen LogP contribution in [0.1, 0.15) is 140 Å². The lowest BCUT2D eigenvalue weighted by molar-refractivity contribution is -0.162. The molecule has 0 radical (unpaired) electrons. The summed E-state index contributed by atoms with van der Waals surface area (Å²) in [6.45, 7) is 11.1. The van der Waals surface area contributed by atoms with E-state index in [0.29, 0.717) is 99.8 Å². The minimum atomic E-state index is -1.53. The number of aromatic amines is 1. The number of nitrogens with zero attached hydrogens (tertiary/aromatic N) is 3. The van der Waals surface area contributed by atoms with E-state index in [1.54, 1.807) is 45.2 Å². The number of H-pyrrole nitrogens is 1. The number of hydrogen-bond acceptors (Lipinski definition) is 21. The molecule has 3 fully saturated rings. The van der Waals surface area contributed by atoms with Crippen LogP contribution in [0.5, 0.6) is 34.5 Å². The van der Waals surface area contributed by atoms with Crippen LogP contribution in [-0.4, -0.2) is 161 Å². The van der Waals surface area contributed by atoms with Crippen LogP contribution in [0.15, 0.2) is 60.7 Å². The number of aromatic nitrogens is 1. The van der Waals surface area contributed by atoms with E-state index in [-0.39, 0.29) is 112 Å². The third-order valence-electron chi connectivity index (χ3n) is 20.8. The number of imide groups is 1. The van der Waals surface area contributed by atoms with E-state index in [1.165, 1.54) is 37.9 Å². The number of unbranched alkanes of at least 4 members (excludes halogenated alkanes) is 2. The molecule has 27 nitrogen and oxygen atoms in total. The Morgan fingerprint density at radius 3 is 2.35 bits per heavy atom. The number of phenols is 1. The molecule has 0 saturated carbocycles. The summed E-state index contributed by atoms with van der Waals surface area (Å²) < 4.78 is 43.9. The maximum atomic E-state index is 16.0. The number of hydrogen-bond donors (Lipinski definition) is 8. The number of anilines is 1. The predicted molar refractivity (Wildman–Crippen MR) is 360 cm³/mol. The van der Waals surface area contributed by atoms with Crippen LogP contribution in [0.3, 0.4) is 0 Å². The van der Waals surface area contributed by atoms with E-state index < -0.39 is 87.8 Å². The largest absolute Gasteiger partial charge is 0.504 e. The Kier molecular flexibility index (Phi) is 18.4. The van der Waals surface area contributed by atoms with E-state index >= 15 is 9.59 Å². The zero-order valence-electron chi connectivity index (χ0n) is 56.4. The van der Waals surface area contributed by atoms with Crippen LogP contribution in [0.25, 0.3) is 10.9 Å². The predicted octanol–water partition coefficient (Wildman–Crippen LogP) is 5.93. The number of methoxy groups -OCH3 is 2. The molecule has 1 aromatic heterocycles. The number of aromatic hydroxyl groups is 1. The Morgan fingerprint density at radius 2 is 1.64 bits per heavy atom. The van der Waals surface area contributed by atoms with Gasteiger partial charge in [-0.05, 0) is 117 Å². The van der Waals surface area contributed by atoms with Gasteiger partial charge in [-0.2, -0.15) is 0 Å². The molecule has 4 bridgehead atoms. The fourth-order valence-electron chi connectivity index (χ4n) is 16.4. The van der Waals surface area contributed by atoms with Crippen molar-refractivity contribution in [3.05, 3.63) is 111 Å². The summed E-state index contributed by atoms with van der Waals surface area (Å²) in [6, 6.07) is 9.19. The van der Waals surface area contributed by atoms with E-state index in [0.717, 1.165) is 21.4 Å². The number of fused-ring (bicyclic) bond motifs is 11. The molecule has 99 heavy (non-hydrogen) atoms. The summed E-state index contributed by atoms with van der Waals surface area (Å²) in [6.07, 6.45) is 5.10. The van der Waals surface area contributed by atoms with E-state index in [2.05, 4.69) is 48.3 Å². The first-order valence-corrected chi connectivity index (χ1v) is 34.5. The van der Waals surface area contributed by atoms with Crippen molar-refractivity contribution in [3.8, 4) is 34.5 Å². The SMILES string of the molecule is COc1ccc2[nH]c3c(c2c1)CCN[C@]31CS[C@@H]2c3c(OC(C)=O)c(C)c4c(c3[C@H](COC1=O)N1[C@@H]2[C@H]2c3c(cc(C)c(OC)c3O)C3(C(=O)OCc5ccc(NC(=O)[C@H](CCCNC(N)=O)NC(=O)[C@@H](NC(=O)CCCCCN6C(=O)C=CC6=O)C(C)C)cc5)CC1(C)CN23)OCO4. The first-order chi connectivity index (χ1) is 47.4. The van der Waals surface area contributed by atoms with E-state index in [4.69, 9.17) is 38.9 Å². The van der Waals surface area contributed by atoms with Crippen molar-refractivity contribution in [2.45, 2.75) is 152 Å². The number of ether oxygens (including phenoxy) is 7. The maximum Gasteiger partial charge on any atom is 0.333 e. The molecule has 2 unspecified atom stereocenters. The lowest BCUT2D eigenvalue weighted by atomic mass is 9.72. The molecular weight excluding hydrogens is 1300 g/mol. The van der Waals surface area contributed by atoms with Crippen molar-refractivity contribution >= 4 is 81.8 Å². The van der Waals surface area contributed by atoms with Crippen LogP contribution in [-0.2, 0) is 71.9 Å². The third-order valence-corrected chi connectivity index (χ3v) is 22.2. The van der Waals surface area contributed by atoms with Gasteiger partial charge in [0, 0.05) is 114 Å². The Morgan fingerprint density at radius 1 is 0.879 bits per heavy atom. The molecule has 28 heteroatoms. The first-order valence-electron chi connectivity index (χ1n) is 33.5. The number of piperazine rings is 1. The highest BCUT2D eigenvalue weighted by molar-refractivity contribution is 7.99. The van der Waals surface area contributed by atoms with Crippen LogP contribution in [0, 0.1) is 19.8 Å². The molecule has 1 spiro atoms. The van der Waals surface area contributed by atoms with E-state index in [9.17, 15) is 38.7 Å². The van der Waals surface area contributed by atoms with Gasteiger partial charge >= 0.3 is 23.9 Å². The molecule has 5 aromatic rings. The Labute approximate surface area is 575 Å². The minimum absolute atomic E-state index is 0.0782. The molecule has 4 aromatic carbocycles. The first kappa shape index (κ1) is 68.2. The highest BCUT2D eigenvalue weighted by Crippen LogP contribution is 2.72. The minimum Gasteiger partial charge on any atom is -0.504 e. The third kappa shape index (κ3) is 11.8. The number of urea groups is 1. The van der Waals surface area contributed by atoms with Gasteiger partial charge in [-0.1, -0.05) is 32.4 Å². The summed E-state index contributed by atoms with van der Waals surface area (Å²) in [7, 11) is 3.10. The average molecular weight is 1380 g/mol. The zero-order valence-corrected chi connectivity index (χ0v) is 57.3. The van der Waals surface area contributed by atoms with Gasteiger partial charge < -0.3 is 70.2 Å². The standard InChI is InChI=1S/C71H82N10O17S/c1-35(2)54(78-48(83)14-10-9-11-26-79-49(84)21-22-50(79)85)65(88)77-46(13-12-24-73-68(72)91)64(87)75-40-17-15-39(16-18-40)29-94-67(90)71-31-69(6)32-80(71)55(51-44(71)27-36(3)58(93-8)57(51)86)56-62-53-52(61-60(96-34-97-61)37(4)59(53)98-38(5)82)47(81(56)69)30-95-66(89)70(33-99-62)63-42(23-25-74-70)43-28-41(92-7)19-20-45(43)76-63/h15-22,27-28,35,46-47,54-56,62,74,76,86H,9-14,23-26,29-34H2,1-8H3,(H,75,87)(H,77,88)(H,78,83)(H3,72,73,91)/t46-,47-,54-,55+,56+,62+,69?,70+,71?/m0/s1. The Bertz CT molecular complexity index is 4200. The number of phenolic OH excluding ortho intramolecular Hbond substituents is 1. The van der Waals surface area contributed by atoms with Gasteiger partial charge in [0.15, 0.2) is 28.5 Å². The quantitative estimate of drug-likeness (QED) is 0.0172. The summed E-state index contributed by atoms with van der Waals surface area (Å²) >= 11 is 1.49. The second-order valence-electron chi connectivity index (χ2n) is 27.3. The summed E-state index contributed by atoms with van der Waals surface area (Å²) in [5.74, 6) is -2.38. The smallest absolute Gasteiger partial charge is 0.333 e. The lowest BCUT2D eigenvalue weighted by Gasteiger charge is -2.60. The molecule has 7 amide bonds. The van der Waals surface area contributed by atoms with Gasteiger partial charge in [-0.25, -0.2) is 14.4 Å². The molecule has 9 aliphatic rings. The second-order valence-corrected chi connectivity index (χ2v) is 28.4. The van der Waals surface area contributed by atoms with Gasteiger partial charge in [-0.15, -0.1) is 11.8 Å². The molecule has 14 rings (SSSR count). The number of benzene rings is 4. The number of nitrogens with one attached hydrogen (secondary N) is 6. The van der Waals surface area contributed by atoms with Crippen molar-refractivity contribution in [3.63, 3.8) is 0 Å². The normalized spacial score (nSPS) is 24.4. The Balaban J connectivity index is 0.782. The number of rotatable bonds is 22. The zero-order chi connectivity index (χ0) is 70.1. The maximum absolute atomic E-state index is 16.0. The van der Waals surface area contributed by atoms with Gasteiger partial charge in [0.25, 0.3) is 11.8 Å². The molecule has 10 heterocycles. The number of primary amides is 1. The van der Waals surface area contributed by atoms with Crippen molar-refractivity contribution in [1.29, 1.82) is 0 Å². The van der Waals surface area contributed by atoms with Crippen LogP contribution in [0.4, 0.5) is 10.5 Å². The molecular formula is C71H82N10O17S. The average Bonchev–Trinajstić information content (AvgIpc) is 1.50. The summed E-state index contributed by atoms with van der Waals surface area (Å²) in [5.41, 5.74) is 8.25. The Hall–Kier alpha value is -9.38. The van der Waals surface area contributed by atoms with Gasteiger partial charge in [0.05, 0.1) is 37.2 Å².